The molecule has 2 aromatic carbocycles. The summed E-state index contributed by atoms with van der Waals surface area (Å²) in [7, 11) is 0. The summed E-state index contributed by atoms with van der Waals surface area (Å²) in [6.45, 7) is 6.54. The largest absolute Gasteiger partial charge is 0.612 e. The fraction of sp³-hybridized carbons (Fsp3) is 0.448. The first-order chi connectivity index (χ1) is 17.2. The Labute approximate surface area is 214 Å². The maximum absolute atomic E-state index is 15.0. The Hall–Kier alpha value is -2.51. The highest BCUT2D eigenvalue weighted by atomic mass is 32.2. The second-order valence-corrected chi connectivity index (χ2v) is 12.2. The standard InChI is InChI=1S/C29H33F2N3OS/c1-18(21-14-16-32-25-17-20(36(4)35)9-10-22(21)25)13-15-29(2,3)28-33-24-12-11-23(30)26(31)27(24)34(28)19-7-5-6-8-19/h9-12,14,16-19H,5-8,13,15H2,1-4H3. The van der Waals surface area contributed by atoms with E-state index < -0.39 is 22.8 Å². The van der Waals surface area contributed by atoms with E-state index >= 15 is 4.39 Å². The van der Waals surface area contributed by atoms with Gasteiger partial charge >= 0.3 is 0 Å². The van der Waals surface area contributed by atoms with Crippen LogP contribution in [0.2, 0.25) is 0 Å². The molecule has 2 heterocycles. The molecule has 1 saturated carbocycles. The van der Waals surface area contributed by atoms with Crippen molar-refractivity contribution >= 4 is 33.1 Å². The summed E-state index contributed by atoms with van der Waals surface area (Å²) >= 11 is -1.05. The van der Waals surface area contributed by atoms with Crippen LogP contribution >= 0.6 is 0 Å². The van der Waals surface area contributed by atoms with Gasteiger partial charge in [-0.25, -0.2) is 13.8 Å². The van der Waals surface area contributed by atoms with Gasteiger partial charge in [-0.15, -0.1) is 0 Å². The molecule has 4 nitrogen and oxygen atoms in total. The number of rotatable bonds is 7. The first-order valence-corrected chi connectivity index (χ1v) is 14.3. The maximum atomic E-state index is 15.0. The molecule has 4 aromatic rings. The highest BCUT2D eigenvalue weighted by Crippen LogP contribution is 2.41. The third-order valence-electron chi connectivity index (χ3n) is 7.85. The van der Waals surface area contributed by atoms with Crippen molar-refractivity contribution in [3.05, 3.63) is 65.6 Å². The smallest absolute Gasteiger partial charge is 0.184 e. The molecule has 0 N–H and O–H groups in total. The molecule has 5 rings (SSSR count). The number of hydrogen-bond acceptors (Lipinski definition) is 3. The molecule has 1 aliphatic carbocycles. The van der Waals surface area contributed by atoms with Crippen LogP contribution in [0.3, 0.4) is 0 Å². The van der Waals surface area contributed by atoms with Crippen molar-refractivity contribution in [3.8, 4) is 0 Å². The van der Waals surface area contributed by atoms with Gasteiger partial charge in [-0.3, -0.25) is 4.98 Å². The van der Waals surface area contributed by atoms with Crippen LogP contribution in [0.25, 0.3) is 21.9 Å². The van der Waals surface area contributed by atoms with E-state index in [0.29, 0.717) is 11.0 Å². The molecule has 2 atom stereocenters. The van der Waals surface area contributed by atoms with Gasteiger partial charge in [0.1, 0.15) is 17.6 Å². The summed E-state index contributed by atoms with van der Waals surface area (Å²) in [6, 6.07) is 10.8. The Morgan fingerprint density at radius 3 is 2.58 bits per heavy atom. The van der Waals surface area contributed by atoms with Crippen LogP contribution in [-0.2, 0) is 16.6 Å². The molecule has 7 heteroatoms. The van der Waals surface area contributed by atoms with Gasteiger partial charge in [0.2, 0.25) is 0 Å². The minimum Gasteiger partial charge on any atom is -0.612 e. The summed E-state index contributed by atoms with van der Waals surface area (Å²) < 4.78 is 43.2. The Bertz CT molecular complexity index is 1410. The van der Waals surface area contributed by atoms with Crippen LogP contribution in [0, 0.1) is 11.6 Å². The van der Waals surface area contributed by atoms with E-state index in [1.807, 2.05) is 29.0 Å². The lowest BCUT2D eigenvalue weighted by Crippen LogP contribution is -2.25. The molecule has 0 amide bonds. The van der Waals surface area contributed by atoms with Crippen LogP contribution in [0.4, 0.5) is 8.78 Å². The van der Waals surface area contributed by atoms with Crippen molar-refractivity contribution in [3.63, 3.8) is 0 Å². The van der Waals surface area contributed by atoms with Crippen LogP contribution in [-0.4, -0.2) is 25.3 Å². The van der Waals surface area contributed by atoms with Crippen molar-refractivity contribution in [2.75, 3.05) is 6.26 Å². The normalized spacial score (nSPS) is 16.8. The van der Waals surface area contributed by atoms with E-state index in [1.165, 1.54) is 11.6 Å². The zero-order valence-electron chi connectivity index (χ0n) is 21.4. The minimum absolute atomic E-state index is 0.153. The Balaban J connectivity index is 1.46. The number of fused-ring (bicyclic) bond motifs is 2. The summed E-state index contributed by atoms with van der Waals surface area (Å²) in [6.07, 6.45) is 9.37. The van der Waals surface area contributed by atoms with E-state index in [4.69, 9.17) is 4.98 Å². The van der Waals surface area contributed by atoms with E-state index in [9.17, 15) is 8.94 Å². The van der Waals surface area contributed by atoms with E-state index in [2.05, 4.69) is 31.8 Å². The predicted molar refractivity (Wildman–Crippen MR) is 142 cm³/mol. The third-order valence-corrected chi connectivity index (χ3v) is 8.77. The molecule has 0 saturated heterocycles. The number of aromatic nitrogens is 3. The van der Waals surface area contributed by atoms with Crippen molar-refractivity contribution in [2.24, 2.45) is 0 Å². The summed E-state index contributed by atoms with van der Waals surface area (Å²) in [4.78, 5) is 10.2. The van der Waals surface area contributed by atoms with Crippen molar-refractivity contribution in [2.45, 2.75) is 81.6 Å². The SMILES string of the molecule is CC(CCC(C)(C)c1nc2ccc(F)c(F)c2n1C1CCCC1)c1ccnc2cc([S+](C)[O-])ccc12. The van der Waals surface area contributed by atoms with Crippen LogP contribution in [0.5, 0.6) is 0 Å². The number of halogens is 2. The number of nitrogens with zero attached hydrogens (tertiary/aromatic N) is 3. The van der Waals surface area contributed by atoms with Gasteiger partial charge in [0.05, 0.1) is 11.0 Å². The zero-order chi connectivity index (χ0) is 25.6. The highest BCUT2D eigenvalue weighted by molar-refractivity contribution is 7.90. The van der Waals surface area contributed by atoms with Gasteiger partial charge in [0, 0.05) is 29.1 Å². The first-order valence-electron chi connectivity index (χ1n) is 12.8. The molecule has 1 aliphatic rings. The molecular weight excluding hydrogens is 476 g/mol. The fourth-order valence-electron chi connectivity index (χ4n) is 5.72. The Morgan fingerprint density at radius 2 is 1.86 bits per heavy atom. The Morgan fingerprint density at radius 1 is 1.11 bits per heavy atom. The van der Waals surface area contributed by atoms with E-state index in [1.54, 1.807) is 12.3 Å². The van der Waals surface area contributed by atoms with E-state index in [0.717, 1.165) is 60.1 Å². The zero-order valence-corrected chi connectivity index (χ0v) is 22.2. The monoisotopic (exact) mass is 509 g/mol. The molecule has 0 bridgehead atoms. The second kappa shape index (κ2) is 9.75. The molecule has 0 spiro atoms. The minimum atomic E-state index is -1.05. The molecule has 0 aliphatic heterocycles. The van der Waals surface area contributed by atoms with Crippen molar-refractivity contribution in [1.29, 1.82) is 0 Å². The quantitative estimate of drug-likeness (QED) is 0.241. The molecule has 36 heavy (non-hydrogen) atoms. The number of benzene rings is 2. The molecule has 0 radical (unpaired) electrons. The van der Waals surface area contributed by atoms with E-state index in [-0.39, 0.29) is 17.4 Å². The average molecular weight is 510 g/mol. The van der Waals surface area contributed by atoms with Gasteiger partial charge in [-0.1, -0.05) is 33.6 Å². The predicted octanol–water partition coefficient (Wildman–Crippen LogP) is 7.58. The fourth-order valence-corrected chi connectivity index (χ4v) is 6.26. The highest BCUT2D eigenvalue weighted by Gasteiger charge is 2.33. The van der Waals surface area contributed by atoms with Gasteiger partial charge < -0.3 is 9.12 Å². The van der Waals surface area contributed by atoms with Crippen molar-refractivity contribution in [1.82, 2.24) is 14.5 Å². The van der Waals surface area contributed by atoms with Crippen LogP contribution in [0.1, 0.15) is 82.6 Å². The lowest BCUT2D eigenvalue weighted by atomic mass is 9.82. The van der Waals surface area contributed by atoms with Crippen molar-refractivity contribution < 1.29 is 13.3 Å². The summed E-state index contributed by atoms with van der Waals surface area (Å²) in [5, 5.41) is 1.08. The number of hydrogen-bond donors (Lipinski definition) is 0. The molecule has 1 fully saturated rings. The molecule has 190 valence electrons. The van der Waals surface area contributed by atoms with Crippen LogP contribution < -0.4 is 0 Å². The summed E-state index contributed by atoms with van der Waals surface area (Å²) in [5.74, 6) is -0.515. The maximum Gasteiger partial charge on any atom is 0.184 e. The number of imidazole rings is 1. The lowest BCUT2D eigenvalue weighted by Gasteiger charge is -2.29. The first kappa shape index (κ1) is 25.2. The average Bonchev–Trinajstić information content (AvgIpc) is 3.52. The summed E-state index contributed by atoms with van der Waals surface area (Å²) in [5.41, 5.74) is 2.57. The lowest BCUT2D eigenvalue weighted by molar-refractivity contribution is 0.378. The topological polar surface area (TPSA) is 53.8 Å². The molecule has 2 unspecified atom stereocenters. The van der Waals surface area contributed by atoms with Gasteiger partial charge in [0.15, 0.2) is 16.5 Å². The molecular formula is C29H33F2N3OS. The van der Waals surface area contributed by atoms with Gasteiger partial charge in [-0.2, -0.15) is 0 Å². The van der Waals surface area contributed by atoms with Crippen LogP contribution in [0.15, 0.2) is 47.5 Å². The second-order valence-electron chi connectivity index (χ2n) is 10.8. The molecule has 2 aromatic heterocycles. The third kappa shape index (κ3) is 4.52. The number of pyridine rings is 1. The van der Waals surface area contributed by atoms with Gasteiger partial charge in [-0.05, 0) is 78.7 Å². The Kier molecular flexibility index (Phi) is 6.81. The van der Waals surface area contributed by atoms with Gasteiger partial charge in [0.25, 0.3) is 0 Å².